The number of anilines is 1. The Labute approximate surface area is 106 Å². The molecule has 1 aromatic heterocycles. The van der Waals surface area contributed by atoms with Crippen LogP contribution in [0.1, 0.15) is 29.9 Å². The third kappa shape index (κ3) is 2.08. The Morgan fingerprint density at radius 2 is 2.18 bits per heavy atom. The molecule has 0 radical (unpaired) electrons. The Kier molecular flexibility index (Phi) is 3.47. The van der Waals surface area contributed by atoms with Gasteiger partial charge in [0.25, 0.3) is 0 Å². The summed E-state index contributed by atoms with van der Waals surface area (Å²) in [7, 11) is 1.91. The van der Waals surface area contributed by atoms with Crippen molar-refractivity contribution in [1.82, 2.24) is 9.78 Å². The first-order valence-electron chi connectivity index (χ1n) is 5.93. The molecule has 0 spiro atoms. The normalized spacial score (nSPS) is 25.1. The second kappa shape index (κ2) is 4.72. The molecule has 1 saturated heterocycles. The van der Waals surface area contributed by atoms with Crippen LogP contribution in [-0.4, -0.2) is 39.7 Å². The zero-order chi connectivity index (χ0) is 12.6. The minimum absolute atomic E-state index is 0.433. The van der Waals surface area contributed by atoms with E-state index in [1.54, 1.807) is 0 Å². The number of nitrogens with zero attached hydrogens (tertiary/aromatic N) is 3. The van der Waals surface area contributed by atoms with Crippen LogP contribution >= 0.6 is 11.8 Å². The lowest BCUT2D eigenvalue weighted by atomic mass is 10.1. The number of carbonyl (C=O) groups excluding carboxylic acids is 1. The molecule has 1 aliphatic heterocycles. The van der Waals surface area contributed by atoms with Gasteiger partial charge >= 0.3 is 0 Å². The first-order chi connectivity index (χ1) is 8.06. The van der Waals surface area contributed by atoms with E-state index in [0.717, 1.165) is 35.7 Å². The highest BCUT2D eigenvalue weighted by Gasteiger charge is 2.29. The highest BCUT2D eigenvalue weighted by Crippen LogP contribution is 2.31. The van der Waals surface area contributed by atoms with Crippen LogP contribution in [0.2, 0.25) is 0 Å². The van der Waals surface area contributed by atoms with Gasteiger partial charge < -0.3 is 4.90 Å². The van der Waals surface area contributed by atoms with Gasteiger partial charge in [-0.25, -0.2) is 0 Å². The average Bonchev–Trinajstić information content (AvgIpc) is 2.57. The smallest absolute Gasteiger partial charge is 0.155 e. The first kappa shape index (κ1) is 12.5. The van der Waals surface area contributed by atoms with Crippen molar-refractivity contribution in [3.05, 3.63) is 11.3 Å². The summed E-state index contributed by atoms with van der Waals surface area (Å²) in [5.41, 5.74) is 1.55. The monoisotopic (exact) mass is 253 g/mol. The summed E-state index contributed by atoms with van der Waals surface area (Å²) in [6, 6.07) is 0.433. The lowest BCUT2D eigenvalue weighted by Crippen LogP contribution is -2.46. The van der Waals surface area contributed by atoms with Crippen LogP contribution in [0.4, 0.5) is 5.82 Å². The van der Waals surface area contributed by atoms with Crippen molar-refractivity contribution in [3.63, 3.8) is 0 Å². The van der Waals surface area contributed by atoms with Gasteiger partial charge in [0.05, 0.1) is 11.3 Å². The van der Waals surface area contributed by atoms with Crippen LogP contribution in [0.5, 0.6) is 0 Å². The third-order valence-electron chi connectivity index (χ3n) is 3.51. The Morgan fingerprint density at radius 3 is 2.82 bits per heavy atom. The highest BCUT2D eigenvalue weighted by atomic mass is 32.2. The number of hydrogen-bond acceptors (Lipinski definition) is 4. The topological polar surface area (TPSA) is 38.1 Å². The molecule has 0 aromatic carbocycles. The molecule has 0 amide bonds. The molecule has 0 N–H and O–H groups in total. The van der Waals surface area contributed by atoms with Gasteiger partial charge in [0.1, 0.15) is 5.82 Å². The van der Waals surface area contributed by atoms with E-state index in [9.17, 15) is 4.79 Å². The predicted octanol–water partition coefficient (Wildman–Crippen LogP) is 1.87. The fourth-order valence-electron chi connectivity index (χ4n) is 2.37. The van der Waals surface area contributed by atoms with E-state index in [1.807, 2.05) is 30.4 Å². The number of aryl methyl sites for hydroxylation is 2. The zero-order valence-corrected chi connectivity index (χ0v) is 11.6. The van der Waals surface area contributed by atoms with Crippen LogP contribution in [0, 0.1) is 6.92 Å². The minimum atomic E-state index is 0.433. The van der Waals surface area contributed by atoms with E-state index in [0.29, 0.717) is 11.3 Å². The third-order valence-corrected chi connectivity index (χ3v) is 4.85. The second-order valence-electron chi connectivity index (χ2n) is 4.57. The Morgan fingerprint density at radius 1 is 1.47 bits per heavy atom. The molecule has 0 bridgehead atoms. The number of aromatic nitrogens is 2. The Bertz CT molecular complexity index is 430. The van der Waals surface area contributed by atoms with E-state index in [2.05, 4.69) is 23.8 Å². The summed E-state index contributed by atoms with van der Waals surface area (Å²) in [6.07, 6.45) is 0.927. The molecule has 5 heteroatoms. The van der Waals surface area contributed by atoms with Gasteiger partial charge in [0.2, 0.25) is 0 Å². The van der Waals surface area contributed by atoms with Crippen LogP contribution in [-0.2, 0) is 7.05 Å². The summed E-state index contributed by atoms with van der Waals surface area (Å²) in [5, 5.41) is 4.94. The van der Waals surface area contributed by atoms with Gasteiger partial charge in [0, 0.05) is 30.6 Å². The van der Waals surface area contributed by atoms with Crippen LogP contribution in [0.3, 0.4) is 0 Å². The van der Waals surface area contributed by atoms with E-state index in [-0.39, 0.29) is 0 Å². The van der Waals surface area contributed by atoms with Crippen LogP contribution in [0.25, 0.3) is 0 Å². The number of carbonyl (C=O) groups is 1. The van der Waals surface area contributed by atoms with E-state index in [1.165, 1.54) is 0 Å². The molecule has 1 aliphatic rings. The van der Waals surface area contributed by atoms with E-state index < -0.39 is 0 Å². The standard InChI is InChI=1S/C12H19N3OS/c1-8-11(7-16)12(14(4)13-8)15-5-6-17-10(3)9(15)2/h7,9-10H,5-6H2,1-4H3. The molecule has 1 fully saturated rings. The van der Waals surface area contributed by atoms with E-state index >= 15 is 0 Å². The summed E-state index contributed by atoms with van der Waals surface area (Å²) in [6.45, 7) is 7.33. The lowest BCUT2D eigenvalue weighted by Gasteiger charge is -2.39. The zero-order valence-electron chi connectivity index (χ0n) is 10.8. The van der Waals surface area contributed by atoms with E-state index in [4.69, 9.17) is 0 Å². The Balaban J connectivity index is 2.42. The number of thioether (sulfide) groups is 1. The van der Waals surface area contributed by atoms with Crippen molar-refractivity contribution in [2.75, 3.05) is 17.2 Å². The number of hydrogen-bond donors (Lipinski definition) is 0. The highest BCUT2D eigenvalue weighted by molar-refractivity contribution is 8.00. The maximum atomic E-state index is 11.2. The molecule has 94 valence electrons. The van der Waals surface area contributed by atoms with Gasteiger partial charge in [-0.15, -0.1) is 0 Å². The second-order valence-corrected chi connectivity index (χ2v) is 6.06. The van der Waals surface area contributed by atoms with Crippen molar-refractivity contribution in [2.24, 2.45) is 7.05 Å². The fraction of sp³-hybridized carbons (Fsp3) is 0.667. The van der Waals surface area contributed by atoms with Crippen molar-refractivity contribution < 1.29 is 4.79 Å². The molecule has 17 heavy (non-hydrogen) atoms. The van der Waals surface area contributed by atoms with Crippen LogP contribution in [0.15, 0.2) is 0 Å². The van der Waals surface area contributed by atoms with Crippen molar-refractivity contribution in [1.29, 1.82) is 0 Å². The fourth-order valence-corrected chi connectivity index (χ4v) is 3.47. The average molecular weight is 253 g/mol. The SMILES string of the molecule is Cc1nn(C)c(N2CCSC(C)C2C)c1C=O. The first-order valence-corrected chi connectivity index (χ1v) is 6.98. The largest absolute Gasteiger partial charge is 0.352 e. The summed E-state index contributed by atoms with van der Waals surface area (Å²) in [4.78, 5) is 13.5. The molecule has 2 atom stereocenters. The maximum absolute atomic E-state index is 11.2. The predicted molar refractivity (Wildman–Crippen MR) is 72.1 cm³/mol. The Hall–Kier alpha value is -0.970. The summed E-state index contributed by atoms with van der Waals surface area (Å²) >= 11 is 1.99. The molecule has 2 heterocycles. The van der Waals surface area contributed by atoms with Gasteiger partial charge in [-0.3, -0.25) is 9.48 Å². The molecule has 1 aromatic rings. The molecule has 0 saturated carbocycles. The summed E-state index contributed by atoms with van der Waals surface area (Å²) < 4.78 is 1.83. The summed E-state index contributed by atoms with van der Waals surface area (Å²) in [5.74, 6) is 2.07. The lowest BCUT2D eigenvalue weighted by molar-refractivity contribution is 0.112. The molecule has 2 unspecified atom stereocenters. The maximum Gasteiger partial charge on any atom is 0.155 e. The molecular weight excluding hydrogens is 234 g/mol. The van der Waals surface area contributed by atoms with Crippen molar-refractivity contribution in [2.45, 2.75) is 32.1 Å². The molecular formula is C12H19N3OS. The van der Waals surface area contributed by atoms with Crippen molar-refractivity contribution in [3.8, 4) is 0 Å². The molecule has 2 rings (SSSR count). The van der Waals surface area contributed by atoms with Gasteiger partial charge in [-0.05, 0) is 13.8 Å². The molecule has 4 nitrogen and oxygen atoms in total. The van der Waals surface area contributed by atoms with Gasteiger partial charge in [-0.2, -0.15) is 16.9 Å². The quantitative estimate of drug-likeness (QED) is 0.754. The molecule has 0 aliphatic carbocycles. The van der Waals surface area contributed by atoms with Crippen molar-refractivity contribution >= 4 is 23.9 Å². The number of aldehydes is 1. The minimum Gasteiger partial charge on any atom is -0.352 e. The van der Waals surface area contributed by atoms with Gasteiger partial charge in [-0.1, -0.05) is 6.92 Å². The van der Waals surface area contributed by atoms with Crippen LogP contribution < -0.4 is 4.90 Å². The number of rotatable bonds is 2. The van der Waals surface area contributed by atoms with Gasteiger partial charge in [0.15, 0.2) is 6.29 Å².